The highest BCUT2D eigenvalue weighted by molar-refractivity contribution is 6.33. The number of anilines is 1. The highest BCUT2D eigenvalue weighted by atomic mass is 16.6. The molecule has 144 valence electrons. The molecule has 0 amide bonds. The van der Waals surface area contributed by atoms with Crippen LogP contribution in [0.1, 0.15) is 18.2 Å². The molecule has 0 aliphatic rings. The van der Waals surface area contributed by atoms with Gasteiger partial charge in [-0.05, 0) is 43.2 Å². The summed E-state index contributed by atoms with van der Waals surface area (Å²) in [6, 6.07) is 10.8. The number of nitrogens with zero attached hydrogens (tertiary/aromatic N) is 2. The van der Waals surface area contributed by atoms with E-state index in [4.69, 9.17) is 15.1 Å². The van der Waals surface area contributed by atoms with Gasteiger partial charge < -0.3 is 25.2 Å². The Labute approximate surface area is 162 Å². The zero-order valence-corrected chi connectivity index (χ0v) is 15.5. The summed E-state index contributed by atoms with van der Waals surface area (Å²) >= 11 is 0. The van der Waals surface area contributed by atoms with Gasteiger partial charge in [-0.3, -0.25) is 4.79 Å². The van der Waals surface area contributed by atoms with Gasteiger partial charge >= 0.3 is 13.3 Å². The highest BCUT2D eigenvalue weighted by Gasteiger charge is 2.18. The number of hydrogen-bond donors (Lipinski definition) is 3. The van der Waals surface area contributed by atoms with Crippen molar-refractivity contribution in [2.45, 2.75) is 20.3 Å². The molecule has 4 N–H and O–H groups in total. The lowest BCUT2D eigenvalue weighted by atomic mass is 9.98. The van der Waals surface area contributed by atoms with Gasteiger partial charge in [0.2, 0.25) is 0 Å². The van der Waals surface area contributed by atoms with Gasteiger partial charge in [-0.2, -0.15) is 5.10 Å². The monoisotopic (exact) mass is 381 g/mol. The van der Waals surface area contributed by atoms with Crippen molar-refractivity contribution in [2.75, 3.05) is 12.3 Å². The lowest BCUT2D eigenvalue weighted by Gasteiger charge is -2.14. The molecule has 0 fully saturated rings. The second-order valence-corrected chi connectivity index (χ2v) is 6.18. The molecule has 0 spiro atoms. The van der Waals surface area contributed by atoms with Crippen LogP contribution in [0, 0.1) is 6.92 Å². The van der Waals surface area contributed by atoms with E-state index in [0.29, 0.717) is 11.4 Å². The van der Waals surface area contributed by atoms with E-state index in [9.17, 15) is 14.8 Å². The molecule has 2 aromatic carbocycles. The number of nitrogen functional groups attached to an aromatic ring is 1. The van der Waals surface area contributed by atoms with Crippen LogP contribution in [-0.4, -0.2) is 40.1 Å². The number of esters is 1. The molecule has 1 heterocycles. The van der Waals surface area contributed by atoms with Crippen molar-refractivity contribution in [1.82, 2.24) is 10.2 Å². The van der Waals surface area contributed by atoms with Crippen LogP contribution in [0.4, 0.5) is 5.82 Å². The molecule has 0 aliphatic carbocycles. The molecule has 0 unspecified atom stereocenters. The second-order valence-electron chi connectivity index (χ2n) is 6.18. The molecule has 9 heteroatoms. The van der Waals surface area contributed by atoms with Crippen LogP contribution < -0.4 is 10.4 Å². The Balaban J connectivity index is 2.03. The fraction of sp³-hybridized carbons (Fsp3) is 0.211. The minimum atomic E-state index is -2.01. The number of carbonyl (C=O) groups excluding carboxylic acids is 1. The van der Waals surface area contributed by atoms with E-state index in [2.05, 4.69) is 10.2 Å². The molecule has 3 aromatic rings. The minimum absolute atomic E-state index is 0.0425. The van der Waals surface area contributed by atoms with Crippen molar-refractivity contribution >= 4 is 29.9 Å². The zero-order chi connectivity index (χ0) is 20.3. The van der Waals surface area contributed by atoms with Gasteiger partial charge in [-0.1, -0.05) is 18.2 Å². The van der Waals surface area contributed by atoms with Crippen LogP contribution >= 0.6 is 0 Å². The third kappa shape index (κ3) is 4.21. The number of aromatic nitrogens is 2. The molecule has 1 aromatic heterocycles. The number of aryl methyl sites for hydroxylation is 1. The third-order valence-electron chi connectivity index (χ3n) is 4.27. The number of carbonyl (C=O) groups is 1. The number of fused-ring (bicyclic) bond motifs is 1. The number of hydrogen-bond acceptors (Lipinski definition) is 8. The van der Waals surface area contributed by atoms with Crippen LogP contribution in [-0.2, 0) is 16.0 Å². The van der Waals surface area contributed by atoms with Crippen LogP contribution in [0.25, 0.3) is 21.9 Å². The Hall–Kier alpha value is -3.17. The molecular formula is C19H20BN3O5. The van der Waals surface area contributed by atoms with Crippen LogP contribution in [0.15, 0.2) is 36.4 Å². The lowest BCUT2D eigenvalue weighted by molar-refractivity contribution is -0.142. The van der Waals surface area contributed by atoms with Gasteiger partial charge in [-0.15, -0.1) is 5.10 Å². The Kier molecular flexibility index (Phi) is 5.77. The summed E-state index contributed by atoms with van der Waals surface area (Å²) in [6.45, 7) is 3.82. The summed E-state index contributed by atoms with van der Waals surface area (Å²) in [5.41, 5.74) is 8.74. The Morgan fingerprint density at radius 3 is 2.54 bits per heavy atom. The second kappa shape index (κ2) is 8.24. The van der Waals surface area contributed by atoms with Crippen LogP contribution in [0.3, 0.4) is 0 Å². The molecule has 0 radical (unpaired) electrons. The maximum atomic E-state index is 11.8. The van der Waals surface area contributed by atoms with Gasteiger partial charge in [-0.25, -0.2) is 0 Å². The molecule has 3 rings (SSSR count). The molecule has 0 saturated heterocycles. The van der Waals surface area contributed by atoms with Gasteiger partial charge in [0.25, 0.3) is 0 Å². The van der Waals surface area contributed by atoms with Crippen LogP contribution in [0.2, 0.25) is 0 Å². The SMILES string of the molecule is CCOC(=O)Cc1ccc(-c2ccc3c(N)nnc(C)c3c2)cc1OB(O)O. The average molecular weight is 381 g/mol. The van der Waals surface area contributed by atoms with Crippen molar-refractivity contribution < 1.29 is 24.2 Å². The van der Waals surface area contributed by atoms with Gasteiger partial charge in [0.15, 0.2) is 5.82 Å². The first kappa shape index (κ1) is 19.6. The average Bonchev–Trinajstić information content (AvgIpc) is 2.66. The largest absolute Gasteiger partial charge is 0.707 e. The predicted octanol–water partition coefficient (Wildman–Crippen LogP) is 1.64. The lowest BCUT2D eigenvalue weighted by Crippen LogP contribution is -2.22. The fourth-order valence-corrected chi connectivity index (χ4v) is 2.95. The smallest absolute Gasteiger partial charge is 0.512 e. The molecular weight excluding hydrogens is 361 g/mol. The fourth-order valence-electron chi connectivity index (χ4n) is 2.95. The Morgan fingerprint density at radius 2 is 1.82 bits per heavy atom. The molecule has 0 saturated carbocycles. The summed E-state index contributed by atoms with van der Waals surface area (Å²) < 4.78 is 10.0. The van der Waals surface area contributed by atoms with E-state index < -0.39 is 13.3 Å². The van der Waals surface area contributed by atoms with E-state index in [-0.39, 0.29) is 18.8 Å². The summed E-state index contributed by atoms with van der Waals surface area (Å²) in [5, 5.41) is 28.1. The number of nitrogens with two attached hydrogens (primary N) is 1. The maximum Gasteiger partial charge on any atom is 0.707 e. The molecule has 0 atom stereocenters. The third-order valence-corrected chi connectivity index (χ3v) is 4.27. The minimum Gasteiger partial charge on any atom is -0.512 e. The Morgan fingerprint density at radius 1 is 1.11 bits per heavy atom. The van der Waals surface area contributed by atoms with Crippen molar-refractivity contribution in [3.05, 3.63) is 47.7 Å². The maximum absolute atomic E-state index is 11.8. The predicted molar refractivity (Wildman–Crippen MR) is 105 cm³/mol. The molecule has 0 bridgehead atoms. The number of ether oxygens (including phenoxy) is 1. The molecule has 28 heavy (non-hydrogen) atoms. The number of benzene rings is 2. The van der Waals surface area contributed by atoms with E-state index in [1.54, 1.807) is 19.1 Å². The first-order valence-electron chi connectivity index (χ1n) is 8.73. The zero-order valence-electron chi connectivity index (χ0n) is 15.5. The quantitative estimate of drug-likeness (QED) is 0.434. The topological polar surface area (TPSA) is 128 Å². The summed E-state index contributed by atoms with van der Waals surface area (Å²) in [6.07, 6.45) is -0.0425. The molecule has 8 nitrogen and oxygen atoms in total. The van der Waals surface area contributed by atoms with E-state index in [1.807, 2.05) is 31.2 Å². The van der Waals surface area contributed by atoms with E-state index >= 15 is 0 Å². The van der Waals surface area contributed by atoms with Gasteiger partial charge in [0, 0.05) is 16.3 Å². The van der Waals surface area contributed by atoms with Crippen molar-refractivity contribution in [1.29, 1.82) is 0 Å². The summed E-state index contributed by atoms with van der Waals surface area (Å²) in [4.78, 5) is 11.8. The first-order chi connectivity index (χ1) is 13.4. The highest BCUT2D eigenvalue weighted by Crippen LogP contribution is 2.31. The van der Waals surface area contributed by atoms with E-state index in [0.717, 1.165) is 27.6 Å². The van der Waals surface area contributed by atoms with Crippen LogP contribution in [0.5, 0.6) is 5.75 Å². The van der Waals surface area contributed by atoms with E-state index in [1.165, 1.54) is 0 Å². The van der Waals surface area contributed by atoms with Crippen molar-refractivity contribution in [3.63, 3.8) is 0 Å². The van der Waals surface area contributed by atoms with Gasteiger partial charge in [0.1, 0.15) is 5.75 Å². The van der Waals surface area contributed by atoms with Crippen molar-refractivity contribution in [2.24, 2.45) is 0 Å². The van der Waals surface area contributed by atoms with Gasteiger partial charge in [0.05, 0.1) is 18.7 Å². The normalized spacial score (nSPS) is 10.7. The molecule has 0 aliphatic heterocycles. The summed E-state index contributed by atoms with van der Waals surface area (Å²) in [7, 11) is -2.01. The first-order valence-corrected chi connectivity index (χ1v) is 8.73. The number of rotatable bonds is 6. The standard InChI is InChI=1S/C19H20BN3O5/c1-3-27-18(24)10-14-5-4-13(9-17(14)28-20(25)26)12-6-7-15-16(8-12)11(2)22-23-19(15)21/h4-9,25-26H,3,10H2,1-2H3,(H2,21,23). The Bertz CT molecular complexity index is 1030. The van der Waals surface area contributed by atoms with Crippen molar-refractivity contribution in [3.8, 4) is 16.9 Å². The summed E-state index contributed by atoms with van der Waals surface area (Å²) in [5.74, 6) is 0.108.